The molecule has 0 atom stereocenters. The molecular formula is C23H18N2O2. The highest BCUT2D eigenvalue weighted by atomic mass is 16.5. The molecule has 0 unspecified atom stereocenters. The highest BCUT2D eigenvalue weighted by Crippen LogP contribution is 2.30. The average Bonchev–Trinajstić information content (AvgIpc) is 2.72. The van der Waals surface area contributed by atoms with Gasteiger partial charge in [-0.15, -0.1) is 0 Å². The Labute approximate surface area is 157 Å². The summed E-state index contributed by atoms with van der Waals surface area (Å²) in [4.78, 5) is 12.8. The molecule has 0 saturated carbocycles. The number of pyridine rings is 2. The predicted molar refractivity (Wildman–Crippen MR) is 107 cm³/mol. The van der Waals surface area contributed by atoms with Crippen molar-refractivity contribution >= 4 is 0 Å². The molecule has 0 spiro atoms. The van der Waals surface area contributed by atoms with Crippen molar-refractivity contribution in [2.75, 3.05) is 0 Å². The SMILES string of the molecule is Cc1c(-c2cc[n+]([O-])cc2)n(-c2ccccc2)c(-c2ccccc2)cc1=O. The van der Waals surface area contributed by atoms with E-state index in [-0.39, 0.29) is 5.43 Å². The van der Waals surface area contributed by atoms with Crippen molar-refractivity contribution in [3.05, 3.63) is 112 Å². The molecule has 0 N–H and O–H groups in total. The molecule has 0 saturated heterocycles. The smallest absolute Gasteiger partial charge is 0.185 e. The van der Waals surface area contributed by atoms with Gasteiger partial charge in [-0.2, -0.15) is 4.73 Å². The van der Waals surface area contributed by atoms with Gasteiger partial charge in [0, 0.05) is 35.0 Å². The van der Waals surface area contributed by atoms with E-state index < -0.39 is 0 Å². The van der Waals surface area contributed by atoms with Crippen LogP contribution in [0.25, 0.3) is 28.2 Å². The molecule has 0 aliphatic heterocycles. The van der Waals surface area contributed by atoms with E-state index in [4.69, 9.17) is 0 Å². The number of rotatable bonds is 3. The monoisotopic (exact) mass is 354 g/mol. The third-order valence-corrected chi connectivity index (χ3v) is 4.62. The van der Waals surface area contributed by atoms with Crippen LogP contribution in [0.3, 0.4) is 0 Å². The summed E-state index contributed by atoms with van der Waals surface area (Å²) in [5, 5.41) is 11.5. The maximum absolute atomic E-state index is 12.8. The van der Waals surface area contributed by atoms with Crippen molar-refractivity contribution < 1.29 is 4.73 Å². The van der Waals surface area contributed by atoms with Gasteiger partial charge in [0.15, 0.2) is 17.8 Å². The van der Waals surface area contributed by atoms with Gasteiger partial charge in [0.05, 0.1) is 11.4 Å². The van der Waals surface area contributed by atoms with E-state index in [1.165, 1.54) is 12.4 Å². The Balaban J connectivity index is 2.12. The summed E-state index contributed by atoms with van der Waals surface area (Å²) in [7, 11) is 0. The van der Waals surface area contributed by atoms with Crippen LogP contribution in [-0.2, 0) is 0 Å². The standard InChI is InChI=1S/C23H18N2O2/c1-17-22(26)16-21(18-8-4-2-5-9-18)25(20-10-6-3-7-11-20)23(17)19-12-14-24(27)15-13-19/h2-16H,1H3. The van der Waals surface area contributed by atoms with E-state index in [1.54, 1.807) is 18.2 Å². The van der Waals surface area contributed by atoms with Crippen LogP contribution < -0.4 is 10.2 Å². The molecule has 0 fully saturated rings. The van der Waals surface area contributed by atoms with Crippen LogP contribution in [0.4, 0.5) is 0 Å². The fraction of sp³-hybridized carbons (Fsp3) is 0.0435. The second-order valence-corrected chi connectivity index (χ2v) is 6.35. The van der Waals surface area contributed by atoms with Crippen LogP contribution in [0, 0.1) is 12.1 Å². The number of hydrogen-bond acceptors (Lipinski definition) is 2. The van der Waals surface area contributed by atoms with Crippen molar-refractivity contribution in [2.24, 2.45) is 0 Å². The van der Waals surface area contributed by atoms with E-state index in [1.807, 2.05) is 67.6 Å². The lowest BCUT2D eigenvalue weighted by atomic mass is 10.0. The largest absolute Gasteiger partial charge is 0.619 e. The zero-order chi connectivity index (χ0) is 18.8. The molecule has 0 aliphatic carbocycles. The van der Waals surface area contributed by atoms with Crippen LogP contribution in [0.1, 0.15) is 5.56 Å². The molecule has 2 heterocycles. The number of benzene rings is 2. The number of nitrogens with zero attached hydrogens (tertiary/aromatic N) is 2. The zero-order valence-electron chi connectivity index (χ0n) is 14.9. The van der Waals surface area contributed by atoms with Crippen LogP contribution in [0.2, 0.25) is 0 Å². The molecule has 0 amide bonds. The first-order valence-electron chi connectivity index (χ1n) is 8.72. The van der Waals surface area contributed by atoms with Crippen LogP contribution in [0.15, 0.2) is 96.1 Å². The van der Waals surface area contributed by atoms with E-state index >= 15 is 0 Å². The summed E-state index contributed by atoms with van der Waals surface area (Å²) in [5.74, 6) is 0. The first-order chi connectivity index (χ1) is 13.1. The lowest BCUT2D eigenvalue weighted by Gasteiger charge is -2.21. The Morgan fingerprint density at radius 1 is 0.815 bits per heavy atom. The minimum atomic E-state index is -0.0325. The van der Waals surface area contributed by atoms with Crippen molar-refractivity contribution in [1.29, 1.82) is 0 Å². The molecule has 132 valence electrons. The topological polar surface area (TPSA) is 48.9 Å². The van der Waals surface area contributed by atoms with Crippen molar-refractivity contribution in [3.63, 3.8) is 0 Å². The highest BCUT2D eigenvalue weighted by Gasteiger charge is 2.17. The maximum Gasteiger partial charge on any atom is 0.185 e. The Hall–Kier alpha value is -3.66. The second-order valence-electron chi connectivity index (χ2n) is 6.35. The van der Waals surface area contributed by atoms with Gasteiger partial charge in [0.1, 0.15) is 0 Å². The summed E-state index contributed by atoms with van der Waals surface area (Å²) < 4.78 is 2.82. The third-order valence-electron chi connectivity index (χ3n) is 4.62. The van der Waals surface area contributed by atoms with Gasteiger partial charge in [0.2, 0.25) is 0 Å². The molecule has 4 aromatic rings. The average molecular weight is 354 g/mol. The van der Waals surface area contributed by atoms with Crippen molar-refractivity contribution in [1.82, 2.24) is 4.57 Å². The van der Waals surface area contributed by atoms with Crippen LogP contribution >= 0.6 is 0 Å². The minimum Gasteiger partial charge on any atom is -0.619 e. The molecule has 4 rings (SSSR count). The fourth-order valence-corrected chi connectivity index (χ4v) is 3.28. The summed E-state index contributed by atoms with van der Waals surface area (Å²) >= 11 is 0. The molecule has 4 nitrogen and oxygen atoms in total. The molecule has 0 bridgehead atoms. The highest BCUT2D eigenvalue weighted by molar-refractivity contribution is 5.73. The van der Waals surface area contributed by atoms with Gasteiger partial charge in [-0.1, -0.05) is 48.5 Å². The summed E-state index contributed by atoms with van der Waals surface area (Å²) in [6.07, 6.45) is 2.90. The molecule has 2 aromatic heterocycles. The van der Waals surface area contributed by atoms with E-state index in [2.05, 4.69) is 4.57 Å². The van der Waals surface area contributed by atoms with E-state index in [0.717, 1.165) is 32.9 Å². The first-order valence-corrected chi connectivity index (χ1v) is 8.72. The van der Waals surface area contributed by atoms with Crippen LogP contribution in [-0.4, -0.2) is 4.57 Å². The lowest BCUT2D eigenvalue weighted by Crippen LogP contribution is -2.24. The Morgan fingerprint density at radius 2 is 1.41 bits per heavy atom. The molecule has 2 aromatic carbocycles. The normalized spacial score (nSPS) is 10.7. The summed E-state index contributed by atoms with van der Waals surface area (Å²) in [6.45, 7) is 1.82. The number of hydrogen-bond donors (Lipinski definition) is 0. The third kappa shape index (κ3) is 3.13. The predicted octanol–water partition coefficient (Wildman–Crippen LogP) is 4.11. The molecule has 4 heteroatoms. The fourth-order valence-electron chi connectivity index (χ4n) is 3.28. The first kappa shape index (κ1) is 16.8. The van der Waals surface area contributed by atoms with E-state index in [9.17, 15) is 10.0 Å². The maximum atomic E-state index is 12.8. The Morgan fingerprint density at radius 3 is 2.04 bits per heavy atom. The summed E-state index contributed by atoms with van der Waals surface area (Å²) in [6, 6.07) is 24.9. The van der Waals surface area contributed by atoms with Gasteiger partial charge < -0.3 is 9.77 Å². The van der Waals surface area contributed by atoms with Gasteiger partial charge in [-0.3, -0.25) is 4.79 Å². The van der Waals surface area contributed by atoms with Gasteiger partial charge in [-0.25, -0.2) is 0 Å². The summed E-state index contributed by atoms with van der Waals surface area (Å²) in [5.41, 5.74) is 4.93. The Bertz CT molecular complexity index is 1130. The molecular weight excluding hydrogens is 336 g/mol. The lowest BCUT2D eigenvalue weighted by molar-refractivity contribution is -0.605. The Kier molecular flexibility index (Phi) is 4.30. The van der Waals surface area contributed by atoms with Gasteiger partial charge in [-0.05, 0) is 24.6 Å². The minimum absolute atomic E-state index is 0.0325. The van der Waals surface area contributed by atoms with Gasteiger partial charge in [0.25, 0.3) is 0 Å². The second kappa shape index (κ2) is 6.92. The quantitative estimate of drug-likeness (QED) is 0.411. The van der Waals surface area contributed by atoms with Crippen LogP contribution in [0.5, 0.6) is 0 Å². The zero-order valence-corrected chi connectivity index (χ0v) is 14.9. The van der Waals surface area contributed by atoms with Gasteiger partial charge >= 0.3 is 0 Å². The number of para-hydroxylation sites is 1. The molecule has 0 radical (unpaired) electrons. The number of aromatic nitrogens is 2. The van der Waals surface area contributed by atoms with E-state index in [0.29, 0.717) is 5.56 Å². The van der Waals surface area contributed by atoms with Crippen molar-refractivity contribution in [2.45, 2.75) is 6.92 Å². The molecule has 27 heavy (non-hydrogen) atoms. The molecule has 0 aliphatic rings. The van der Waals surface area contributed by atoms with Crippen molar-refractivity contribution in [3.8, 4) is 28.2 Å².